The maximum absolute atomic E-state index is 13.2. The van der Waals surface area contributed by atoms with Crippen molar-refractivity contribution in [3.8, 4) is 6.07 Å². The Morgan fingerprint density at radius 1 is 1.44 bits per heavy atom. The Morgan fingerprint density at radius 2 is 2.22 bits per heavy atom. The summed E-state index contributed by atoms with van der Waals surface area (Å²) in [6.07, 6.45) is 0. The molecule has 1 atom stereocenters. The van der Waals surface area contributed by atoms with Crippen LogP contribution < -0.4 is 5.32 Å². The lowest BCUT2D eigenvalue weighted by molar-refractivity contribution is 0.624. The summed E-state index contributed by atoms with van der Waals surface area (Å²) in [5.74, 6) is -0.505. The molecule has 0 saturated heterocycles. The van der Waals surface area contributed by atoms with Gasteiger partial charge in [0.2, 0.25) is 0 Å². The van der Waals surface area contributed by atoms with Crippen molar-refractivity contribution in [2.24, 2.45) is 0 Å². The van der Waals surface area contributed by atoms with Gasteiger partial charge in [-0.15, -0.1) is 11.3 Å². The molecule has 0 aliphatic heterocycles. The molecule has 1 N–H and O–H groups in total. The van der Waals surface area contributed by atoms with E-state index < -0.39 is 5.82 Å². The maximum atomic E-state index is 13.2. The molecule has 0 spiro atoms. The van der Waals surface area contributed by atoms with Crippen LogP contribution in [0, 0.1) is 17.1 Å². The fourth-order valence-corrected chi connectivity index (χ4v) is 2.57. The average molecular weight is 281 g/mol. The van der Waals surface area contributed by atoms with Crippen LogP contribution in [0.2, 0.25) is 4.34 Å². The Hall–Kier alpha value is -1.57. The number of anilines is 1. The van der Waals surface area contributed by atoms with Gasteiger partial charge in [-0.3, -0.25) is 0 Å². The number of thiophene rings is 1. The van der Waals surface area contributed by atoms with Gasteiger partial charge >= 0.3 is 0 Å². The first kappa shape index (κ1) is 12.9. The summed E-state index contributed by atoms with van der Waals surface area (Å²) in [6.45, 7) is 1.98. The van der Waals surface area contributed by atoms with E-state index in [1.54, 1.807) is 6.07 Å². The van der Waals surface area contributed by atoms with E-state index in [-0.39, 0.29) is 11.6 Å². The first-order chi connectivity index (χ1) is 8.60. The Labute approximate surface area is 114 Å². The SMILES string of the molecule is CC(Nc1ccc(F)c(C#N)c1)c1csc(Cl)c1. The monoisotopic (exact) mass is 280 g/mol. The highest BCUT2D eigenvalue weighted by molar-refractivity contribution is 7.14. The van der Waals surface area contributed by atoms with E-state index in [1.807, 2.05) is 24.4 Å². The highest BCUT2D eigenvalue weighted by atomic mass is 35.5. The van der Waals surface area contributed by atoms with Gasteiger partial charge in [-0.05, 0) is 42.1 Å². The van der Waals surface area contributed by atoms with Crippen LogP contribution in [-0.4, -0.2) is 0 Å². The minimum atomic E-state index is -0.505. The topological polar surface area (TPSA) is 35.8 Å². The average Bonchev–Trinajstić information content (AvgIpc) is 2.78. The zero-order chi connectivity index (χ0) is 13.1. The Kier molecular flexibility index (Phi) is 3.85. The Morgan fingerprint density at radius 3 is 2.83 bits per heavy atom. The van der Waals surface area contributed by atoms with Crippen LogP contribution in [0.1, 0.15) is 24.1 Å². The first-order valence-corrected chi connectivity index (χ1v) is 6.56. The molecule has 5 heteroatoms. The van der Waals surface area contributed by atoms with Crippen LogP contribution in [0.3, 0.4) is 0 Å². The molecule has 1 unspecified atom stereocenters. The number of nitrogens with one attached hydrogen (secondary N) is 1. The van der Waals surface area contributed by atoms with Gasteiger partial charge in [0, 0.05) is 11.7 Å². The zero-order valence-corrected chi connectivity index (χ0v) is 11.1. The molecule has 92 valence electrons. The lowest BCUT2D eigenvalue weighted by atomic mass is 10.1. The van der Waals surface area contributed by atoms with Gasteiger partial charge in [0.05, 0.1) is 9.90 Å². The zero-order valence-electron chi connectivity index (χ0n) is 9.58. The molecule has 0 saturated carbocycles. The third kappa shape index (κ3) is 2.81. The van der Waals surface area contributed by atoms with Crippen molar-refractivity contribution in [3.05, 3.63) is 50.9 Å². The minimum Gasteiger partial charge on any atom is -0.378 e. The van der Waals surface area contributed by atoms with Gasteiger partial charge in [-0.1, -0.05) is 11.6 Å². The predicted molar refractivity (Wildman–Crippen MR) is 72.5 cm³/mol. The van der Waals surface area contributed by atoms with Crippen molar-refractivity contribution < 1.29 is 4.39 Å². The molecule has 0 radical (unpaired) electrons. The summed E-state index contributed by atoms with van der Waals surface area (Å²) in [7, 11) is 0. The molecular weight excluding hydrogens is 271 g/mol. The largest absolute Gasteiger partial charge is 0.378 e. The second-order valence-electron chi connectivity index (χ2n) is 3.86. The van der Waals surface area contributed by atoms with Crippen molar-refractivity contribution in [2.75, 3.05) is 5.32 Å². The van der Waals surface area contributed by atoms with Crippen LogP contribution in [0.5, 0.6) is 0 Å². The van der Waals surface area contributed by atoms with E-state index in [9.17, 15) is 4.39 Å². The van der Waals surface area contributed by atoms with Gasteiger partial charge in [-0.25, -0.2) is 4.39 Å². The van der Waals surface area contributed by atoms with Crippen LogP contribution >= 0.6 is 22.9 Å². The van der Waals surface area contributed by atoms with Crippen LogP contribution in [0.4, 0.5) is 10.1 Å². The van der Waals surface area contributed by atoms with E-state index in [1.165, 1.54) is 23.5 Å². The van der Waals surface area contributed by atoms with Gasteiger partial charge in [0.25, 0.3) is 0 Å². The van der Waals surface area contributed by atoms with Crippen LogP contribution in [-0.2, 0) is 0 Å². The summed E-state index contributed by atoms with van der Waals surface area (Å²) in [4.78, 5) is 0. The second kappa shape index (κ2) is 5.38. The Balaban J connectivity index is 2.17. The smallest absolute Gasteiger partial charge is 0.141 e. The van der Waals surface area contributed by atoms with Crippen molar-refractivity contribution in [1.29, 1.82) is 5.26 Å². The Bertz CT molecular complexity index is 603. The summed E-state index contributed by atoms with van der Waals surface area (Å²) in [6, 6.07) is 8.15. The van der Waals surface area contributed by atoms with Gasteiger partial charge < -0.3 is 5.32 Å². The highest BCUT2D eigenvalue weighted by Gasteiger charge is 2.09. The maximum Gasteiger partial charge on any atom is 0.141 e. The third-order valence-corrected chi connectivity index (χ3v) is 3.67. The summed E-state index contributed by atoms with van der Waals surface area (Å²) < 4.78 is 13.9. The first-order valence-electron chi connectivity index (χ1n) is 5.30. The fraction of sp³-hybridized carbons (Fsp3) is 0.154. The molecule has 0 aliphatic rings. The molecule has 0 aliphatic carbocycles. The number of halogens is 2. The highest BCUT2D eigenvalue weighted by Crippen LogP contribution is 2.27. The third-order valence-electron chi connectivity index (χ3n) is 2.56. The molecule has 0 amide bonds. The fourth-order valence-electron chi connectivity index (χ4n) is 1.58. The van der Waals surface area contributed by atoms with Crippen molar-refractivity contribution >= 4 is 28.6 Å². The van der Waals surface area contributed by atoms with Crippen LogP contribution in [0.25, 0.3) is 0 Å². The lowest BCUT2D eigenvalue weighted by Gasteiger charge is -2.14. The molecule has 18 heavy (non-hydrogen) atoms. The molecular formula is C13H10ClFN2S. The van der Waals surface area contributed by atoms with E-state index >= 15 is 0 Å². The molecule has 2 aromatic rings. The van der Waals surface area contributed by atoms with E-state index in [2.05, 4.69) is 5.32 Å². The molecule has 2 rings (SSSR count). The van der Waals surface area contributed by atoms with Crippen molar-refractivity contribution in [3.63, 3.8) is 0 Å². The summed E-state index contributed by atoms with van der Waals surface area (Å²) in [5, 5.41) is 13.9. The van der Waals surface area contributed by atoms with Gasteiger partial charge in [0.15, 0.2) is 0 Å². The van der Waals surface area contributed by atoms with Gasteiger partial charge in [0.1, 0.15) is 11.9 Å². The lowest BCUT2D eigenvalue weighted by Crippen LogP contribution is -2.05. The molecule has 1 aromatic carbocycles. The normalized spacial score (nSPS) is 11.9. The number of benzene rings is 1. The standard InChI is InChI=1S/C13H10ClFN2S/c1-8(10-5-13(14)18-7-10)17-11-2-3-12(15)9(4-11)6-16/h2-5,7-8,17H,1H3. The number of nitriles is 1. The molecule has 0 fully saturated rings. The number of rotatable bonds is 3. The van der Waals surface area contributed by atoms with E-state index in [0.717, 1.165) is 9.90 Å². The quantitative estimate of drug-likeness (QED) is 0.893. The van der Waals surface area contributed by atoms with E-state index in [4.69, 9.17) is 16.9 Å². The summed E-state index contributed by atoms with van der Waals surface area (Å²) in [5.41, 5.74) is 1.81. The van der Waals surface area contributed by atoms with Crippen LogP contribution in [0.15, 0.2) is 29.6 Å². The molecule has 1 heterocycles. The minimum absolute atomic E-state index is 0.0375. The second-order valence-corrected chi connectivity index (χ2v) is 5.40. The van der Waals surface area contributed by atoms with Gasteiger partial charge in [-0.2, -0.15) is 5.26 Å². The number of hydrogen-bond acceptors (Lipinski definition) is 3. The molecule has 1 aromatic heterocycles. The molecule has 0 bridgehead atoms. The molecule has 2 nitrogen and oxygen atoms in total. The van der Waals surface area contributed by atoms with Crippen molar-refractivity contribution in [1.82, 2.24) is 0 Å². The summed E-state index contributed by atoms with van der Waals surface area (Å²) >= 11 is 7.34. The number of nitrogens with zero attached hydrogens (tertiary/aromatic N) is 1. The van der Waals surface area contributed by atoms with Crippen molar-refractivity contribution in [2.45, 2.75) is 13.0 Å². The van der Waals surface area contributed by atoms with E-state index in [0.29, 0.717) is 5.69 Å². The predicted octanol–water partition coefficient (Wildman–Crippen LogP) is 4.59. The number of hydrogen-bond donors (Lipinski definition) is 1.